The number of nitrogens with one attached hydrogen (secondary N) is 1. The molecule has 1 aromatic heterocycles. The molecule has 1 aromatic carbocycles. The molecule has 0 bridgehead atoms. The summed E-state index contributed by atoms with van der Waals surface area (Å²) in [6, 6.07) is 8.86. The summed E-state index contributed by atoms with van der Waals surface area (Å²) in [4.78, 5) is 32.2. The summed E-state index contributed by atoms with van der Waals surface area (Å²) >= 11 is 6.23. The zero-order chi connectivity index (χ0) is 31.5. The Morgan fingerprint density at radius 1 is 1.05 bits per heavy atom. The second-order valence-corrected chi connectivity index (χ2v) is 14.0. The smallest absolute Gasteiger partial charge is 0.276 e. The van der Waals surface area contributed by atoms with Crippen molar-refractivity contribution < 1.29 is 26.8 Å². The normalized spacial score (nSPS) is 22.0. The Morgan fingerprint density at radius 2 is 1.73 bits per heavy atom. The average molecular weight is 653 g/mol. The number of carbonyl (C=O) groups is 2. The number of aromatic nitrogens is 1. The molecule has 0 radical (unpaired) electrons. The van der Waals surface area contributed by atoms with E-state index in [9.17, 15) is 18.0 Å². The standard InChI is InChI=1S/C30H39ClF2N6O4S/c31-26-19-23(30(32,33)22-6-4-21(5-7-22)29(41)35-13-2-12-34)20-27(36-26)37-15-17-38(18-16-37)44(42,43)25-10-8-24(9-11-25)39-14-1-3-28(39)40/h8-11,19-22H,1-7,12-18,34H2,(H,35,41)/t21-,22+. The topological polar surface area (TPSA) is 129 Å². The van der Waals surface area contributed by atoms with Gasteiger partial charge < -0.3 is 20.9 Å². The fourth-order valence-corrected chi connectivity index (χ4v) is 7.90. The van der Waals surface area contributed by atoms with E-state index in [1.165, 1.54) is 28.6 Å². The van der Waals surface area contributed by atoms with E-state index in [1.54, 1.807) is 21.9 Å². The number of nitrogens with two attached hydrogens (primary N) is 1. The van der Waals surface area contributed by atoms with E-state index in [0.717, 1.165) is 6.42 Å². The summed E-state index contributed by atoms with van der Waals surface area (Å²) in [5.41, 5.74) is 5.91. The van der Waals surface area contributed by atoms with Crippen LogP contribution < -0.4 is 20.9 Å². The molecule has 44 heavy (non-hydrogen) atoms. The van der Waals surface area contributed by atoms with Crippen LogP contribution in [0.25, 0.3) is 0 Å². The van der Waals surface area contributed by atoms with Crippen LogP contribution in [0.5, 0.6) is 0 Å². The zero-order valence-electron chi connectivity index (χ0n) is 24.6. The van der Waals surface area contributed by atoms with Crippen molar-refractivity contribution in [3.05, 3.63) is 47.1 Å². The number of hydrogen-bond acceptors (Lipinski definition) is 7. The van der Waals surface area contributed by atoms with Crippen LogP contribution in [0.15, 0.2) is 41.3 Å². The average Bonchev–Trinajstić information content (AvgIpc) is 3.46. The van der Waals surface area contributed by atoms with Crippen molar-refractivity contribution in [2.45, 2.75) is 55.8 Å². The lowest BCUT2D eigenvalue weighted by atomic mass is 9.77. The Hall–Kier alpha value is -2.87. The van der Waals surface area contributed by atoms with Gasteiger partial charge in [0.15, 0.2) is 0 Å². The van der Waals surface area contributed by atoms with Crippen molar-refractivity contribution in [3.63, 3.8) is 0 Å². The summed E-state index contributed by atoms with van der Waals surface area (Å²) in [7, 11) is -3.79. The lowest BCUT2D eigenvalue weighted by Gasteiger charge is -2.36. The minimum absolute atomic E-state index is 0.0263. The Balaban J connectivity index is 1.20. The predicted octanol–water partition coefficient (Wildman–Crippen LogP) is 3.74. The van der Waals surface area contributed by atoms with E-state index >= 15 is 8.78 Å². The molecule has 1 saturated carbocycles. The third-order valence-corrected chi connectivity index (χ3v) is 11.0. The van der Waals surface area contributed by atoms with Gasteiger partial charge >= 0.3 is 0 Å². The number of alkyl halides is 2. The molecule has 3 heterocycles. The van der Waals surface area contributed by atoms with Crippen LogP contribution in [0.4, 0.5) is 20.3 Å². The first-order valence-corrected chi connectivity index (χ1v) is 17.0. The van der Waals surface area contributed by atoms with Crippen LogP contribution in [0.3, 0.4) is 0 Å². The summed E-state index contributed by atoms with van der Waals surface area (Å²) < 4.78 is 59.6. The Kier molecular flexibility index (Phi) is 10.1. The van der Waals surface area contributed by atoms with Gasteiger partial charge in [-0.25, -0.2) is 22.2 Å². The molecule has 3 fully saturated rings. The van der Waals surface area contributed by atoms with Crippen LogP contribution in [0, 0.1) is 11.8 Å². The van der Waals surface area contributed by atoms with Gasteiger partial charge in [0.1, 0.15) is 11.0 Å². The van der Waals surface area contributed by atoms with E-state index < -0.39 is 21.9 Å². The first-order valence-electron chi connectivity index (χ1n) is 15.2. The van der Waals surface area contributed by atoms with E-state index in [-0.39, 0.29) is 78.2 Å². The lowest BCUT2D eigenvalue weighted by Crippen LogP contribution is -2.49. The summed E-state index contributed by atoms with van der Waals surface area (Å²) in [6.45, 7) is 2.37. The summed E-state index contributed by atoms with van der Waals surface area (Å²) in [6.07, 6.45) is 3.13. The number of benzene rings is 1. The number of amides is 2. The first-order chi connectivity index (χ1) is 21.0. The van der Waals surface area contributed by atoms with Gasteiger partial charge in [0, 0.05) is 68.8 Å². The number of sulfonamides is 1. The van der Waals surface area contributed by atoms with Gasteiger partial charge in [-0.05, 0) is 81.5 Å². The van der Waals surface area contributed by atoms with Crippen LogP contribution >= 0.6 is 11.6 Å². The van der Waals surface area contributed by atoms with E-state index in [0.29, 0.717) is 51.0 Å². The Labute approximate surface area is 262 Å². The maximum Gasteiger partial charge on any atom is 0.276 e. The molecule has 2 aliphatic heterocycles. The zero-order valence-corrected chi connectivity index (χ0v) is 26.1. The Morgan fingerprint density at radius 3 is 2.34 bits per heavy atom. The number of hydrogen-bond donors (Lipinski definition) is 2. The van der Waals surface area contributed by atoms with E-state index in [2.05, 4.69) is 10.3 Å². The molecule has 0 spiro atoms. The van der Waals surface area contributed by atoms with Gasteiger partial charge in [-0.3, -0.25) is 9.59 Å². The van der Waals surface area contributed by atoms with Crippen LogP contribution in [0.2, 0.25) is 5.15 Å². The SMILES string of the molecule is NCCCNC(=O)[C@H]1CC[C@@H](C(F)(F)c2cc(Cl)nc(N3CCN(S(=O)(=O)c4ccc(N5CCCC5=O)cc4)CC3)c2)CC1. The van der Waals surface area contributed by atoms with Gasteiger partial charge in [0.05, 0.1) is 4.90 Å². The van der Waals surface area contributed by atoms with Crippen LogP contribution in [-0.2, 0) is 25.5 Å². The van der Waals surface area contributed by atoms with Gasteiger partial charge in [0.25, 0.3) is 5.92 Å². The molecule has 10 nitrogen and oxygen atoms in total. The van der Waals surface area contributed by atoms with Crippen molar-refractivity contribution >= 4 is 44.9 Å². The molecule has 2 saturated heterocycles. The molecule has 3 N–H and O–H groups in total. The highest BCUT2D eigenvalue weighted by Crippen LogP contribution is 2.46. The fraction of sp³-hybridized carbons (Fsp3) is 0.567. The first kappa shape index (κ1) is 32.5. The third kappa shape index (κ3) is 7.00. The molecule has 1 aliphatic carbocycles. The monoisotopic (exact) mass is 652 g/mol. The molecule has 2 amide bonds. The number of nitrogens with zero attached hydrogens (tertiary/aromatic N) is 4. The summed E-state index contributed by atoms with van der Waals surface area (Å²) in [5, 5.41) is 2.78. The number of anilines is 2. The molecule has 240 valence electrons. The van der Waals surface area contributed by atoms with E-state index in [4.69, 9.17) is 17.3 Å². The molecule has 0 unspecified atom stereocenters. The molecule has 0 atom stereocenters. The maximum absolute atomic E-state index is 15.8. The van der Waals surface area contributed by atoms with Crippen molar-refractivity contribution in [1.82, 2.24) is 14.6 Å². The number of pyridine rings is 1. The van der Waals surface area contributed by atoms with Crippen LogP contribution in [-0.4, -0.2) is 75.3 Å². The number of halogens is 3. The molecule has 5 rings (SSSR count). The highest BCUT2D eigenvalue weighted by Gasteiger charge is 2.44. The van der Waals surface area contributed by atoms with Crippen molar-refractivity contribution in [2.24, 2.45) is 17.6 Å². The highest BCUT2D eigenvalue weighted by molar-refractivity contribution is 7.89. The molecule has 2 aromatic rings. The van der Waals surface area contributed by atoms with Gasteiger partial charge in [0.2, 0.25) is 21.8 Å². The minimum Gasteiger partial charge on any atom is -0.356 e. The maximum atomic E-state index is 15.8. The van der Waals surface area contributed by atoms with Crippen molar-refractivity contribution in [2.75, 3.05) is 55.6 Å². The Bertz CT molecular complexity index is 1450. The predicted molar refractivity (Wildman–Crippen MR) is 164 cm³/mol. The van der Waals surface area contributed by atoms with Crippen molar-refractivity contribution in [1.29, 1.82) is 0 Å². The fourth-order valence-electron chi connectivity index (χ4n) is 6.28. The van der Waals surface area contributed by atoms with Gasteiger partial charge in [-0.1, -0.05) is 11.6 Å². The highest BCUT2D eigenvalue weighted by atomic mass is 35.5. The number of rotatable bonds is 10. The third-order valence-electron chi connectivity index (χ3n) is 8.88. The minimum atomic E-state index is -3.79. The van der Waals surface area contributed by atoms with Crippen LogP contribution in [0.1, 0.15) is 50.5 Å². The largest absolute Gasteiger partial charge is 0.356 e. The molecular formula is C30H39ClF2N6O4S. The summed E-state index contributed by atoms with van der Waals surface area (Å²) in [5.74, 6) is -4.18. The number of piperazine rings is 1. The quantitative estimate of drug-likeness (QED) is 0.296. The van der Waals surface area contributed by atoms with Gasteiger partial charge in [-0.2, -0.15) is 4.31 Å². The van der Waals surface area contributed by atoms with Gasteiger partial charge in [-0.15, -0.1) is 0 Å². The second-order valence-electron chi connectivity index (χ2n) is 11.7. The second kappa shape index (κ2) is 13.6. The lowest BCUT2D eigenvalue weighted by molar-refractivity contribution is -0.129. The van der Waals surface area contributed by atoms with E-state index in [1.807, 2.05) is 0 Å². The molecular weight excluding hydrogens is 614 g/mol. The number of carbonyl (C=O) groups excluding carboxylic acids is 2. The molecule has 14 heteroatoms. The van der Waals surface area contributed by atoms with Crippen molar-refractivity contribution in [3.8, 4) is 0 Å². The molecule has 3 aliphatic rings.